The molecule has 3 nitrogen and oxygen atoms in total. The third-order valence-corrected chi connectivity index (χ3v) is 8.20. The van der Waals surface area contributed by atoms with Crippen LogP contribution in [0.5, 0.6) is 0 Å². The van der Waals surface area contributed by atoms with Gasteiger partial charge in [-0.2, -0.15) is 0 Å². The number of rotatable bonds is 6. The lowest BCUT2D eigenvalue weighted by molar-refractivity contribution is 0.0429. The van der Waals surface area contributed by atoms with E-state index < -0.39 is 12.2 Å². The molecule has 3 heteroatoms. The van der Waals surface area contributed by atoms with Crippen LogP contribution in [-0.4, -0.2) is 35.6 Å². The first-order chi connectivity index (χ1) is 15.0. The van der Waals surface area contributed by atoms with Gasteiger partial charge in [0.15, 0.2) is 0 Å². The van der Waals surface area contributed by atoms with Gasteiger partial charge in [0.2, 0.25) is 0 Å². The molecule has 3 saturated carbocycles. The third kappa shape index (κ3) is 6.04. The molecule has 3 fully saturated rings. The van der Waals surface area contributed by atoms with E-state index in [9.17, 15) is 10.2 Å². The van der Waals surface area contributed by atoms with E-state index in [0.29, 0.717) is 42.6 Å². The number of aliphatic hydroxyl groups excluding tert-OH is 2. The van der Waals surface area contributed by atoms with E-state index in [2.05, 4.69) is 65.5 Å². The lowest BCUT2D eigenvalue weighted by Gasteiger charge is -2.44. The van der Waals surface area contributed by atoms with Crippen molar-refractivity contribution in [3.8, 4) is 0 Å². The molecule has 0 amide bonds. The predicted octanol–water partition coefficient (Wildman–Crippen LogP) is 6.38. The molecule has 0 aromatic rings. The summed E-state index contributed by atoms with van der Waals surface area (Å²) in [5, 5.41) is 20.2. The normalized spacial score (nSPS) is 37.4. The maximum Gasteiger partial charge on any atom is 0.0811 e. The van der Waals surface area contributed by atoms with E-state index >= 15 is 0 Å². The Kier molecular flexibility index (Phi) is 8.28. The quantitative estimate of drug-likeness (QED) is 0.370. The number of allylic oxidation sites excluding steroid dienone is 4. The van der Waals surface area contributed by atoms with Crippen LogP contribution in [-0.2, 0) is 4.74 Å². The molecular weight excluding hydrogens is 396 g/mol. The van der Waals surface area contributed by atoms with Crippen LogP contribution in [0.15, 0.2) is 47.6 Å². The Morgan fingerprint density at radius 3 is 2.69 bits per heavy atom. The van der Waals surface area contributed by atoms with E-state index in [0.717, 1.165) is 24.2 Å². The highest BCUT2D eigenvalue weighted by Crippen LogP contribution is 2.59. The summed E-state index contributed by atoms with van der Waals surface area (Å²) in [4.78, 5) is 0. The molecular formula is C29H46O3. The Hall–Kier alpha value is -1.16. The fourth-order valence-corrected chi connectivity index (χ4v) is 6.52. The Morgan fingerprint density at radius 2 is 1.97 bits per heavy atom. The molecule has 0 bridgehead atoms. The number of fused-ring (bicyclic) bond motifs is 1. The van der Waals surface area contributed by atoms with Gasteiger partial charge in [-0.05, 0) is 78.3 Å². The molecule has 0 aromatic carbocycles. The minimum absolute atomic E-state index is 0.210. The van der Waals surface area contributed by atoms with Gasteiger partial charge in [-0.15, -0.1) is 0 Å². The first kappa shape index (κ1) is 25.5. The van der Waals surface area contributed by atoms with Gasteiger partial charge in [0, 0.05) is 13.0 Å². The Balaban J connectivity index is 1.64. The van der Waals surface area contributed by atoms with Gasteiger partial charge in [0.1, 0.15) is 0 Å². The number of hydrogen-bond donors (Lipinski definition) is 2. The molecule has 0 unspecified atom stereocenters. The van der Waals surface area contributed by atoms with Gasteiger partial charge in [-0.25, -0.2) is 0 Å². The van der Waals surface area contributed by atoms with Crippen molar-refractivity contribution in [2.24, 2.45) is 28.6 Å². The second-order valence-corrected chi connectivity index (χ2v) is 11.9. The van der Waals surface area contributed by atoms with Crippen LogP contribution in [0.25, 0.3) is 0 Å². The summed E-state index contributed by atoms with van der Waals surface area (Å²) < 4.78 is 6.05. The van der Waals surface area contributed by atoms with Crippen molar-refractivity contribution in [2.45, 2.75) is 91.8 Å². The molecule has 6 atom stereocenters. The van der Waals surface area contributed by atoms with Crippen LogP contribution < -0.4 is 0 Å². The van der Waals surface area contributed by atoms with Crippen LogP contribution in [0.3, 0.4) is 0 Å². The average molecular weight is 443 g/mol. The summed E-state index contributed by atoms with van der Waals surface area (Å²) in [6, 6.07) is 0. The minimum Gasteiger partial charge on any atom is -0.393 e. The van der Waals surface area contributed by atoms with Gasteiger partial charge in [0.25, 0.3) is 0 Å². The third-order valence-electron chi connectivity index (χ3n) is 8.20. The molecule has 2 N–H and O–H groups in total. The predicted molar refractivity (Wildman–Crippen MR) is 133 cm³/mol. The maximum absolute atomic E-state index is 10.1. The second-order valence-electron chi connectivity index (χ2n) is 11.9. The highest BCUT2D eigenvalue weighted by atomic mass is 16.5. The minimum atomic E-state index is -0.616. The zero-order valence-corrected chi connectivity index (χ0v) is 21.1. The zero-order valence-electron chi connectivity index (χ0n) is 21.1. The smallest absolute Gasteiger partial charge is 0.0811 e. The molecule has 0 radical (unpaired) electrons. The number of hydrogen-bond acceptors (Lipinski definition) is 3. The second kappa shape index (κ2) is 10.4. The largest absolute Gasteiger partial charge is 0.393 e. The Bertz CT molecular complexity index is 753. The highest BCUT2D eigenvalue weighted by Gasteiger charge is 2.50. The van der Waals surface area contributed by atoms with Crippen molar-refractivity contribution in [1.29, 1.82) is 0 Å². The first-order valence-electron chi connectivity index (χ1n) is 12.7. The molecule has 0 spiro atoms. The summed E-state index contributed by atoms with van der Waals surface area (Å²) >= 11 is 0. The summed E-state index contributed by atoms with van der Waals surface area (Å²) in [6.07, 6.45) is 15.0. The van der Waals surface area contributed by atoms with Crippen molar-refractivity contribution in [3.63, 3.8) is 0 Å². The number of aliphatic hydroxyl groups is 2. The van der Waals surface area contributed by atoms with Crippen LogP contribution in [0.2, 0.25) is 0 Å². The summed E-state index contributed by atoms with van der Waals surface area (Å²) in [7, 11) is 0. The van der Waals surface area contributed by atoms with E-state index in [-0.39, 0.29) is 5.41 Å². The van der Waals surface area contributed by atoms with E-state index in [1.165, 1.54) is 25.7 Å². The Labute approximate surface area is 196 Å². The molecule has 3 rings (SSSR count). The highest BCUT2D eigenvalue weighted by molar-refractivity contribution is 5.38. The van der Waals surface area contributed by atoms with Gasteiger partial charge in [-0.3, -0.25) is 0 Å². The summed E-state index contributed by atoms with van der Waals surface area (Å²) in [5.41, 5.74) is 3.89. The van der Waals surface area contributed by atoms with Gasteiger partial charge in [0.05, 0.1) is 18.8 Å². The standard InChI is InChI=1S/C29H46O3/c1-20(19-32-16-8-14-28(3,4)5)25-12-13-26-22(9-7-15-29(25,26)6)10-11-23-17-24(30)18-27(31)21(23)2/h8,10-11,14,20,24-27,30-31H,2,7,9,12-13,15-19H2,1,3-6H3/b14-8+,22-10-,23-11+/t20-,24-,25-,26+,27+,29-/m1/s1. The van der Waals surface area contributed by atoms with Crippen LogP contribution in [0.1, 0.15) is 79.6 Å². The van der Waals surface area contributed by atoms with E-state index in [1.54, 1.807) is 5.57 Å². The van der Waals surface area contributed by atoms with Crippen LogP contribution in [0.4, 0.5) is 0 Å². The fourth-order valence-electron chi connectivity index (χ4n) is 6.52. The summed E-state index contributed by atoms with van der Waals surface area (Å²) in [6.45, 7) is 17.1. The van der Waals surface area contributed by atoms with Crippen molar-refractivity contribution in [3.05, 3.63) is 47.6 Å². The first-order valence-corrected chi connectivity index (χ1v) is 12.7. The molecule has 3 aliphatic rings. The molecule has 180 valence electrons. The van der Waals surface area contributed by atoms with Crippen molar-refractivity contribution < 1.29 is 14.9 Å². The monoisotopic (exact) mass is 442 g/mol. The average Bonchev–Trinajstić information content (AvgIpc) is 3.06. The zero-order chi connectivity index (χ0) is 23.5. The summed E-state index contributed by atoms with van der Waals surface area (Å²) in [5.74, 6) is 1.89. The lowest BCUT2D eigenvalue weighted by Crippen LogP contribution is -2.37. The molecule has 0 aromatic heterocycles. The van der Waals surface area contributed by atoms with Crippen molar-refractivity contribution in [1.82, 2.24) is 0 Å². The van der Waals surface area contributed by atoms with Crippen LogP contribution >= 0.6 is 0 Å². The molecule has 0 saturated heterocycles. The fraction of sp³-hybridized carbons (Fsp3) is 0.724. The van der Waals surface area contributed by atoms with Crippen molar-refractivity contribution >= 4 is 0 Å². The molecule has 0 heterocycles. The van der Waals surface area contributed by atoms with Gasteiger partial charge in [-0.1, -0.05) is 71.1 Å². The maximum atomic E-state index is 10.1. The van der Waals surface area contributed by atoms with E-state index in [1.807, 2.05) is 0 Å². The van der Waals surface area contributed by atoms with E-state index in [4.69, 9.17) is 4.74 Å². The SMILES string of the molecule is C=C1/C(=C/C=C2/CCC[C@]3(C)[C@@H]([C@H](C)COC/C=C/C(C)(C)C)CC[C@@H]23)C[C@@H](O)C[C@@H]1O. The lowest BCUT2D eigenvalue weighted by atomic mass is 9.61. The number of ether oxygens (including phenoxy) is 1. The van der Waals surface area contributed by atoms with Crippen molar-refractivity contribution in [2.75, 3.05) is 13.2 Å². The van der Waals surface area contributed by atoms with Gasteiger partial charge >= 0.3 is 0 Å². The van der Waals surface area contributed by atoms with Gasteiger partial charge < -0.3 is 14.9 Å². The topological polar surface area (TPSA) is 49.7 Å². The molecule has 3 aliphatic carbocycles. The molecule has 0 aliphatic heterocycles. The Morgan fingerprint density at radius 1 is 1.22 bits per heavy atom. The molecule has 32 heavy (non-hydrogen) atoms. The van der Waals surface area contributed by atoms with Crippen LogP contribution in [0, 0.1) is 28.6 Å².